The zero-order chi connectivity index (χ0) is 22.2. The number of allylic oxidation sites excluding steroid dienone is 1. The predicted octanol–water partition coefficient (Wildman–Crippen LogP) is 3.65. The van der Waals surface area contributed by atoms with Crippen molar-refractivity contribution in [3.8, 4) is 11.5 Å². The monoisotopic (exact) mass is 425 g/mol. The van der Waals surface area contributed by atoms with E-state index in [2.05, 4.69) is 12.1 Å². The SMILES string of the molecule is Cc1cc([O-])c(C[NH+](C)Cc2ccccc2)c2c1C(=O)C(=Cc1cc3ccccc3o1)O2. The highest BCUT2D eigenvalue weighted by atomic mass is 16.5. The highest BCUT2D eigenvalue weighted by molar-refractivity contribution is 6.15. The largest absolute Gasteiger partial charge is 0.872 e. The molecule has 3 aromatic carbocycles. The number of carbonyl (C=O) groups is 1. The van der Waals surface area contributed by atoms with Crippen molar-refractivity contribution in [1.29, 1.82) is 0 Å². The van der Waals surface area contributed by atoms with Crippen LogP contribution >= 0.6 is 0 Å². The van der Waals surface area contributed by atoms with Crippen LogP contribution < -0.4 is 14.7 Å². The van der Waals surface area contributed by atoms with Gasteiger partial charge in [-0.25, -0.2) is 0 Å². The van der Waals surface area contributed by atoms with Crippen LogP contribution in [0.5, 0.6) is 11.5 Å². The number of ketones is 1. The van der Waals surface area contributed by atoms with Crippen LogP contribution in [0.2, 0.25) is 0 Å². The summed E-state index contributed by atoms with van der Waals surface area (Å²) in [4.78, 5) is 14.3. The van der Waals surface area contributed by atoms with Crippen LogP contribution in [0, 0.1) is 6.92 Å². The lowest BCUT2D eigenvalue weighted by Gasteiger charge is -2.21. The van der Waals surface area contributed by atoms with E-state index in [1.54, 1.807) is 13.0 Å². The molecular weight excluding hydrogens is 402 g/mol. The van der Waals surface area contributed by atoms with Crippen molar-refractivity contribution < 1.29 is 24.0 Å². The van der Waals surface area contributed by atoms with Crippen molar-refractivity contribution >= 4 is 22.8 Å². The minimum atomic E-state index is -0.222. The van der Waals surface area contributed by atoms with E-state index in [0.29, 0.717) is 34.7 Å². The molecule has 0 aliphatic carbocycles. The van der Waals surface area contributed by atoms with Crippen molar-refractivity contribution in [2.75, 3.05) is 7.05 Å². The van der Waals surface area contributed by atoms with Crippen molar-refractivity contribution in [2.45, 2.75) is 20.0 Å². The van der Waals surface area contributed by atoms with E-state index in [-0.39, 0.29) is 17.3 Å². The maximum atomic E-state index is 13.1. The number of aryl methyl sites for hydroxylation is 1. The Morgan fingerprint density at radius 2 is 1.75 bits per heavy atom. The number of fused-ring (bicyclic) bond motifs is 2. The molecule has 4 aromatic rings. The number of furan rings is 1. The Balaban J connectivity index is 1.46. The van der Waals surface area contributed by atoms with Crippen molar-refractivity contribution in [3.05, 3.63) is 101 Å². The average Bonchev–Trinajstić information content (AvgIpc) is 3.33. The highest BCUT2D eigenvalue weighted by Crippen LogP contribution is 2.40. The van der Waals surface area contributed by atoms with E-state index in [1.807, 2.05) is 55.6 Å². The van der Waals surface area contributed by atoms with E-state index in [0.717, 1.165) is 22.4 Å². The Kier molecular flexibility index (Phi) is 5.04. The summed E-state index contributed by atoms with van der Waals surface area (Å²) in [6.45, 7) is 3.00. The van der Waals surface area contributed by atoms with Gasteiger partial charge in [0.1, 0.15) is 30.2 Å². The highest BCUT2D eigenvalue weighted by Gasteiger charge is 2.33. The molecule has 5 rings (SSSR count). The van der Waals surface area contributed by atoms with Crippen LogP contribution in [0.15, 0.2) is 76.9 Å². The number of quaternary nitrogens is 1. The minimum Gasteiger partial charge on any atom is -0.872 e. The standard InChI is InChI=1S/C27H23NO4/c1-17-12-22(29)21(16-28(2)15-18-8-4-3-5-9-18)27-25(17)26(30)24(32-27)14-20-13-19-10-6-7-11-23(19)31-20/h3-14,29H,15-16H2,1-2H3. The fourth-order valence-electron chi connectivity index (χ4n) is 4.25. The van der Waals surface area contributed by atoms with E-state index < -0.39 is 0 Å². The molecule has 160 valence electrons. The molecule has 0 saturated heterocycles. The minimum absolute atomic E-state index is 0.105. The molecule has 2 heterocycles. The smallest absolute Gasteiger partial charge is 0.232 e. The number of carbonyl (C=O) groups excluding carboxylic acids is 1. The molecule has 0 spiro atoms. The van der Waals surface area contributed by atoms with Crippen LogP contribution in [-0.4, -0.2) is 12.8 Å². The van der Waals surface area contributed by atoms with Gasteiger partial charge in [0, 0.05) is 22.6 Å². The summed E-state index contributed by atoms with van der Waals surface area (Å²) in [5, 5.41) is 13.8. The number of benzene rings is 3. The van der Waals surface area contributed by atoms with E-state index in [1.165, 1.54) is 11.6 Å². The molecule has 1 N–H and O–H groups in total. The van der Waals surface area contributed by atoms with Gasteiger partial charge in [-0.15, -0.1) is 0 Å². The van der Waals surface area contributed by atoms with Crippen LogP contribution in [0.4, 0.5) is 0 Å². The zero-order valence-corrected chi connectivity index (χ0v) is 18.0. The van der Waals surface area contributed by atoms with Gasteiger partial charge in [-0.2, -0.15) is 0 Å². The van der Waals surface area contributed by atoms with Gasteiger partial charge >= 0.3 is 0 Å². The van der Waals surface area contributed by atoms with E-state index in [4.69, 9.17) is 9.15 Å². The van der Waals surface area contributed by atoms with Gasteiger partial charge in [0.15, 0.2) is 5.76 Å². The second-order valence-electron chi connectivity index (χ2n) is 8.30. The third-order valence-corrected chi connectivity index (χ3v) is 5.75. The first-order valence-electron chi connectivity index (χ1n) is 10.6. The summed E-state index contributed by atoms with van der Waals surface area (Å²) in [6, 6.07) is 21.2. The van der Waals surface area contributed by atoms with Gasteiger partial charge in [-0.3, -0.25) is 4.79 Å². The maximum Gasteiger partial charge on any atom is 0.232 e. The number of nitrogens with one attached hydrogen (secondary N) is 1. The summed E-state index contributed by atoms with van der Waals surface area (Å²) in [5.41, 5.74) is 3.55. The third-order valence-electron chi connectivity index (χ3n) is 5.75. The van der Waals surface area contributed by atoms with Crippen molar-refractivity contribution in [1.82, 2.24) is 0 Å². The number of Topliss-reactive ketones (excluding diaryl/α,β-unsaturated/α-hetero) is 1. The molecule has 1 aliphatic rings. The summed E-state index contributed by atoms with van der Waals surface area (Å²) >= 11 is 0. The third kappa shape index (κ3) is 3.67. The topological polar surface area (TPSA) is 66.9 Å². The Morgan fingerprint density at radius 3 is 2.53 bits per heavy atom. The number of para-hydroxylation sites is 1. The molecule has 0 fully saturated rings. The zero-order valence-electron chi connectivity index (χ0n) is 18.0. The number of ether oxygens (including phenoxy) is 1. The number of hydrogen-bond acceptors (Lipinski definition) is 4. The lowest BCUT2D eigenvalue weighted by Crippen LogP contribution is -3.06. The summed E-state index contributed by atoms with van der Waals surface area (Å²) in [7, 11) is 2.03. The van der Waals surface area contributed by atoms with E-state index in [9.17, 15) is 9.90 Å². The van der Waals surface area contributed by atoms with Gasteiger partial charge in [0.25, 0.3) is 0 Å². The first-order valence-corrected chi connectivity index (χ1v) is 10.6. The summed E-state index contributed by atoms with van der Waals surface area (Å²) < 4.78 is 11.8. The van der Waals surface area contributed by atoms with Crippen molar-refractivity contribution in [2.24, 2.45) is 0 Å². The summed E-state index contributed by atoms with van der Waals surface area (Å²) in [6.07, 6.45) is 1.61. The molecule has 0 bridgehead atoms. The molecule has 1 aromatic heterocycles. The normalized spacial score (nSPS) is 15.2. The van der Waals surface area contributed by atoms with Crippen LogP contribution in [0.25, 0.3) is 17.0 Å². The van der Waals surface area contributed by atoms with Gasteiger partial charge in [-0.05, 0) is 24.6 Å². The fourth-order valence-corrected chi connectivity index (χ4v) is 4.25. The Hall–Kier alpha value is -3.83. The molecule has 0 amide bonds. The lowest BCUT2D eigenvalue weighted by molar-refractivity contribution is -0.907. The molecule has 5 nitrogen and oxygen atoms in total. The Morgan fingerprint density at radius 1 is 1.00 bits per heavy atom. The van der Waals surface area contributed by atoms with Gasteiger partial charge in [0.2, 0.25) is 5.78 Å². The molecule has 0 saturated carbocycles. The summed E-state index contributed by atoms with van der Waals surface area (Å²) in [5.74, 6) is 0.770. The first-order chi connectivity index (χ1) is 15.5. The van der Waals surface area contributed by atoms with E-state index >= 15 is 0 Å². The average molecular weight is 425 g/mol. The maximum absolute atomic E-state index is 13.1. The lowest BCUT2D eigenvalue weighted by atomic mass is 9.99. The van der Waals surface area contributed by atoms with Crippen molar-refractivity contribution in [3.63, 3.8) is 0 Å². The van der Waals surface area contributed by atoms with Crippen LogP contribution in [0.3, 0.4) is 0 Å². The Labute approximate surface area is 186 Å². The van der Waals surface area contributed by atoms with Crippen LogP contribution in [0.1, 0.15) is 32.8 Å². The quantitative estimate of drug-likeness (QED) is 0.496. The second kappa shape index (κ2) is 8.02. The molecule has 1 aliphatic heterocycles. The Bertz CT molecular complexity index is 1320. The first kappa shape index (κ1) is 20.1. The molecule has 0 radical (unpaired) electrons. The molecule has 1 atom stereocenters. The molecule has 1 unspecified atom stereocenters. The number of hydrogen-bond donors (Lipinski definition) is 1. The molecular formula is C27H23NO4. The molecule has 5 heteroatoms. The predicted molar refractivity (Wildman–Crippen MR) is 121 cm³/mol. The second-order valence-corrected chi connectivity index (χ2v) is 8.30. The number of rotatable bonds is 5. The van der Waals surface area contributed by atoms with Gasteiger partial charge in [-0.1, -0.05) is 60.3 Å². The van der Waals surface area contributed by atoms with Gasteiger partial charge in [0.05, 0.1) is 12.6 Å². The van der Waals surface area contributed by atoms with Crippen LogP contribution in [-0.2, 0) is 13.1 Å². The fraction of sp³-hybridized carbons (Fsp3) is 0.148. The molecule has 32 heavy (non-hydrogen) atoms. The van der Waals surface area contributed by atoms with Gasteiger partial charge < -0.3 is 19.2 Å².